The molecule has 0 spiro atoms. The first kappa shape index (κ1) is 9.36. The molecule has 0 aliphatic carbocycles. The lowest BCUT2D eigenvalue weighted by Gasteiger charge is -2.18. The molecular weight excluding hydrogens is 192 g/mol. The molecule has 0 bridgehead atoms. The van der Waals surface area contributed by atoms with Crippen molar-refractivity contribution in [3.8, 4) is 0 Å². The molecule has 1 aromatic heterocycles. The Balaban J connectivity index is 1.82. The number of fused-ring (bicyclic) bond motifs is 1. The maximum Gasteiger partial charge on any atom is 0.197 e. The quantitative estimate of drug-likeness (QED) is 0.753. The highest BCUT2D eigenvalue weighted by Crippen LogP contribution is 2.28. The second-order valence-corrected chi connectivity index (χ2v) is 4.24. The van der Waals surface area contributed by atoms with Gasteiger partial charge in [-0.1, -0.05) is 0 Å². The molecule has 1 aromatic rings. The van der Waals surface area contributed by atoms with Crippen molar-refractivity contribution >= 4 is 0 Å². The van der Waals surface area contributed by atoms with Gasteiger partial charge in [0.2, 0.25) is 0 Å². The maximum atomic E-state index is 5.84. The highest BCUT2D eigenvalue weighted by Gasteiger charge is 2.24. The fourth-order valence-electron chi connectivity index (χ4n) is 2.26. The molecule has 15 heavy (non-hydrogen) atoms. The molecule has 3 heterocycles. The Morgan fingerprint density at radius 3 is 2.93 bits per heavy atom. The van der Waals surface area contributed by atoms with Crippen LogP contribution in [-0.4, -0.2) is 24.7 Å². The van der Waals surface area contributed by atoms with Crippen LogP contribution in [0, 0.1) is 0 Å². The number of nitrogens with zero attached hydrogens (tertiary/aromatic N) is 1. The van der Waals surface area contributed by atoms with Crippen molar-refractivity contribution in [1.29, 1.82) is 0 Å². The smallest absolute Gasteiger partial charge is 0.197 e. The van der Waals surface area contributed by atoms with Crippen molar-refractivity contribution < 1.29 is 9.15 Å². The van der Waals surface area contributed by atoms with Crippen molar-refractivity contribution in [2.75, 3.05) is 19.8 Å². The number of ether oxygens (including phenoxy) is 1. The van der Waals surface area contributed by atoms with Crippen LogP contribution in [0.1, 0.15) is 36.1 Å². The van der Waals surface area contributed by atoms with Crippen LogP contribution in [0.15, 0.2) is 4.42 Å². The van der Waals surface area contributed by atoms with E-state index >= 15 is 0 Å². The summed E-state index contributed by atoms with van der Waals surface area (Å²) in [6.45, 7) is 3.56. The van der Waals surface area contributed by atoms with E-state index in [1.807, 2.05) is 0 Å². The van der Waals surface area contributed by atoms with Crippen molar-refractivity contribution in [1.82, 2.24) is 10.3 Å². The van der Waals surface area contributed by atoms with E-state index in [9.17, 15) is 0 Å². The molecule has 3 rings (SSSR count). The van der Waals surface area contributed by atoms with Gasteiger partial charge >= 0.3 is 0 Å². The Morgan fingerprint density at radius 2 is 2.13 bits per heavy atom. The van der Waals surface area contributed by atoms with Crippen molar-refractivity contribution in [3.63, 3.8) is 0 Å². The molecule has 0 aromatic carbocycles. The predicted octanol–water partition coefficient (Wildman–Crippen LogP) is 1.21. The normalized spacial score (nSPS) is 22.7. The van der Waals surface area contributed by atoms with Gasteiger partial charge < -0.3 is 14.5 Å². The molecule has 0 amide bonds. The summed E-state index contributed by atoms with van der Waals surface area (Å²) in [5.74, 6) is 2.51. The zero-order valence-electron chi connectivity index (χ0n) is 8.79. The van der Waals surface area contributed by atoms with Gasteiger partial charge in [-0.05, 0) is 12.8 Å². The van der Waals surface area contributed by atoms with Gasteiger partial charge in [-0.2, -0.15) is 0 Å². The van der Waals surface area contributed by atoms with Gasteiger partial charge in [-0.15, -0.1) is 0 Å². The van der Waals surface area contributed by atoms with Crippen LogP contribution >= 0.6 is 0 Å². The average molecular weight is 208 g/mol. The van der Waals surface area contributed by atoms with E-state index < -0.39 is 0 Å². The molecule has 0 radical (unpaired) electrons. The van der Waals surface area contributed by atoms with Crippen LogP contribution in [-0.2, 0) is 17.7 Å². The third kappa shape index (κ3) is 1.79. The fraction of sp³-hybridized carbons (Fsp3) is 0.727. The first-order valence-electron chi connectivity index (χ1n) is 5.70. The number of oxazole rings is 1. The maximum absolute atomic E-state index is 5.84. The molecule has 1 saturated heterocycles. The van der Waals surface area contributed by atoms with Crippen LogP contribution in [0.25, 0.3) is 0 Å². The van der Waals surface area contributed by atoms with Crippen LogP contribution in [0.3, 0.4) is 0 Å². The largest absolute Gasteiger partial charge is 0.445 e. The first-order chi connectivity index (χ1) is 7.43. The number of aromatic nitrogens is 1. The van der Waals surface area contributed by atoms with E-state index in [1.165, 1.54) is 0 Å². The second-order valence-electron chi connectivity index (χ2n) is 4.24. The SMILES string of the molecule is C1Cc2oc(C3CCOCC3)nc2CN1. The van der Waals surface area contributed by atoms with E-state index in [4.69, 9.17) is 9.15 Å². The number of hydrogen-bond acceptors (Lipinski definition) is 4. The van der Waals surface area contributed by atoms with Crippen molar-refractivity contribution in [2.24, 2.45) is 0 Å². The Hall–Kier alpha value is -0.870. The van der Waals surface area contributed by atoms with E-state index in [2.05, 4.69) is 10.3 Å². The van der Waals surface area contributed by atoms with E-state index in [0.717, 1.165) is 62.9 Å². The fourth-order valence-corrected chi connectivity index (χ4v) is 2.26. The van der Waals surface area contributed by atoms with Gasteiger partial charge in [-0.3, -0.25) is 0 Å². The molecule has 2 aliphatic rings. The van der Waals surface area contributed by atoms with Crippen molar-refractivity contribution in [3.05, 3.63) is 17.3 Å². The standard InChI is InChI=1S/C11H16N2O2/c1-4-12-7-9-10(1)15-11(13-9)8-2-5-14-6-3-8/h8,12H,1-7H2. The summed E-state index contributed by atoms with van der Waals surface area (Å²) in [5.41, 5.74) is 1.11. The molecule has 4 nitrogen and oxygen atoms in total. The summed E-state index contributed by atoms with van der Waals surface area (Å²) in [6.07, 6.45) is 3.07. The van der Waals surface area contributed by atoms with Crippen LogP contribution < -0.4 is 5.32 Å². The minimum absolute atomic E-state index is 0.476. The zero-order chi connectivity index (χ0) is 10.1. The Bertz CT molecular complexity index is 319. The van der Waals surface area contributed by atoms with Gasteiger partial charge in [-0.25, -0.2) is 4.98 Å². The number of nitrogens with one attached hydrogen (secondary N) is 1. The number of hydrogen-bond donors (Lipinski definition) is 1. The Kier molecular flexibility index (Phi) is 2.46. The molecular formula is C11H16N2O2. The third-order valence-electron chi connectivity index (χ3n) is 3.19. The Labute approximate surface area is 89.0 Å². The lowest BCUT2D eigenvalue weighted by atomic mass is 10.0. The number of rotatable bonds is 1. The summed E-state index contributed by atoms with van der Waals surface area (Å²) >= 11 is 0. The predicted molar refractivity (Wildman–Crippen MR) is 54.7 cm³/mol. The zero-order valence-corrected chi connectivity index (χ0v) is 8.79. The second kappa shape index (κ2) is 3.94. The average Bonchev–Trinajstić information content (AvgIpc) is 2.74. The lowest BCUT2D eigenvalue weighted by Crippen LogP contribution is -2.22. The van der Waals surface area contributed by atoms with Gasteiger partial charge in [0.25, 0.3) is 0 Å². The monoisotopic (exact) mass is 208 g/mol. The summed E-state index contributed by atoms with van der Waals surface area (Å²) in [7, 11) is 0. The molecule has 0 atom stereocenters. The third-order valence-corrected chi connectivity index (χ3v) is 3.19. The van der Waals surface area contributed by atoms with Gasteiger partial charge in [0.15, 0.2) is 5.89 Å². The van der Waals surface area contributed by atoms with Crippen molar-refractivity contribution in [2.45, 2.75) is 31.7 Å². The van der Waals surface area contributed by atoms with E-state index in [0.29, 0.717) is 5.92 Å². The van der Waals surface area contributed by atoms with Gasteiger partial charge in [0.1, 0.15) is 5.76 Å². The van der Waals surface area contributed by atoms with E-state index in [1.54, 1.807) is 0 Å². The topological polar surface area (TPSA) is 47.3 Å². The Morgan fingerprint density at radius 1 is 1.27 bits per heavy atom. The molecule has 2 aliphatic heterocycles. The molecule has 4 heteroatoms. The molecule has 1 N–H and O–H groups in total. The van der Waals surface area contributed by atoms with Gasteiger partial charge in [0, 0.05) is 38.6 Å². The minimum Gasteiger partial charge on any atom is -0.445 e. The lowest BCUT2D eigenvalue weighted by molar-refractivity contribution is 0.0791. The molecule has 1 fully saturated rings. The summed E-state index contributed by atoms with van der Waals surface area (Å²) in [4.78, 5) is 4.59. The highest BCUT2D eigenvalue weighted by molar-refractivity contribution is 5.14. The van der Waals surface area contributed by atoms with Gasteiger partial charge in [0.05, 0.1) is 5.69 Å². The highest BCUT2D eigenvalue weighted by atomic mass is 16.5. The van der Waals surface area contributed by atoms with Crippen LogP contribution in [0.2, 0.25) is 0 Å². The first-order valence-corrected chi connectivity index (χ1v) is 5.70. The van der Waals surface area contributed by atoms with E-state index in [-0.39, 0.29) is 0 Å². The molecule has 82 valence electrons. The summed E-state index contributed by atoms with van der Waals surface area (Å²) in [5, 5.41) is 3.31. The summed E-state index contributed by atoms with van der Waals surface area (Å²) < 4.78 is 11.2. The summed E-state index contributed by atoms with van der Waals surface area (Å²) in [6, 6.07) is 0. The minimum atomic E-state index is 0.476. The molecule has 0 saturated carbocycles. The van der Waals surface area contributed by atoms with Crippen LogP contribution in [0.4, 0.5) is 0 Å². The molecule has 0 unspecified atom stereocenters. The van der Waals surface area contributed by atoms with Crippen LogP contribution in [0.5, 0.6) is 0 Å².